The van der Waals surface area contributed by atoms with Crippen molar-refractivity contribution in [3.63, 3.8) is 0 Å². The fraction of sp³-hybridized carbons (Fsp3) is 0.615. The normalized spacial score (nSPS) is 15.1. The number of ketones is 1. The molecule has 0 aliphatic heterocycles. The molecule has 1 aromatic heterocycles. The quantitative estimate of drug-likeness (QED) is 0.711. The average molecular weight is 222 g/mol. The highest BCUT2D eigenvalue weighted by Gasteiger charge is 2.21. The first-order valence-corrected chi connectivity index (χ1v) is 6.70. The lowest BCUT2D eigenvalue weighted by atomic mass is 9.92. The van der Waals surface area contributed by atoms with Gasteiger partial charge in [0.05, 0.1) is 4.88 Å². The lowest BCUT2D eigenvalue weighted by Crippen LogP contribution is -2.02. The summed E-state index contributed by atoms with van der Waals surface area (Å²) >= 11 is 1.76. The highest BCUT2D eigenvalue weighted by atomic mass is 32.1. The summed E-state index contributed by atoms with van der Waals surface area (Å²) in [5, 5.41) is 0. The van der Waals surface area contributed by atoms with Gasteiger partial charge in [-0.25, -0.2) is 0 Å². The maximum atomic E-state index is 11.6. The zero-order valence-corrected chi connectivity index (χ0v) is 10.4. The van der Waals surface area contributed by atoms with Crippen LogP contribution in [0.2, 0.25) is 0 Å². The van der Waals surface area contributed by atoms with Crippen molar-refractivity contribution in [1.82, 2.24) is 0 Å². The van der Waals surface area contributed by atoms with Crippen molar-refractivity contribution in [3.05, 3.63) is 20.9 Å². The van der Waals surface area contributed by atoms with Crippen molar-refractivity contribution in [2.75, 3.05) is 0 Å². The van der Waals surface area contributed by atoms with Gasteiger partial charge in [0.1, 0.15) is 0 Å². The maximum Gasteiger partial charge on any atom is 0.170 e. The summed E-state index contributed by atoms with van der Waals surface area (Å²) in [5.74, 6) is 0.262. The molecular formula is C13H18OS. The molecule has 82 valence electrons. The lowest BCUT2D eigenvalue weighted by molar-refractivity contribution is 0.102. The van der Waals surface area contributed by atoms with E-state index in [9.17, 15) is 4.79 Å². The molecule has 0 amide bonds. The van der Waals surface area contributed by atoms with Crippen LogP contribution in [0.5, 0.6) is 0 Å². The fourth-order valence-electron chi connectivity index (χ4n) is 2.43. The standard InChI is InChI=1S/C13H18OS/c1-3-6-11-10-7-4-5-8-12(10)15-13(11)9(2)14/h3-8H2,1-2H3. The van der Waals surface area contributed by atoms with Crippen LogP contribution in [0, 0.1) is 0 Å². The van der Waals surface area contributed by atoms with Gasteiger partial charge in [-0.1, -0.05) is 13.3 Å². The smallest absolute Gasteiger partial charge is 0.170 e. The first kappa shape index (κ1) is 10.9. The molecule has 0 bridgehead atoms. The third kappa shape index (κ3) is 2.00. The van der Waals surface area contributed by atoms with Gasteiger partial charge >= 0.3 is 0 Å². The van der Waals surface area contributed by atoms with Crippen LogP contribution in [0.1, 0.15) is 58.8 Å². The molecule has 0 N–H and O–H groups in total. The number of carbonyl (C=O) groups is 1. The first-order chi connectivity index (χ1) is 7.24. The molecule has 0 aromatic carbocycles. The number of fused-ring (bicyclic) bond motifs is 1. The number of rotatable bonds is 3. The largest absolute Gasteiger partial charge is 0.294 e. The van der Waals surface area contributed by atoms with E-state index in [0.29, 0.717) is 0 Å². The number of aryl methyl sites for hydroxylation is 1. The molecule has 2 heteroatoms. The van der Waals surface area contributed by atoms with Crippen LogP contribution in [0.25, 0.3) is 0 Å². The minimum absolute atomic E-state index is 0.262. The number of thiophene rings is 1. The second-order valence-electron chi connectivity index (χ2n) is 4.32. The molecule has 0 fully saturated rings. The van der Waals surface area contributed by atoms with Crippen LogP contribution in [0.4, 0.5) is 0 Å². The van der Waals surface area contributed by atoms with E-state index in [1.807, 2.05) is 0 Å². The van der Waals surface area contributed by atoms with E-state index in [2.05, 4.69) is 6.92 Å². The summed E-state index contributed by atoms with van der Waals surface area (Å²) in [7, 11) is 0. The molecule has 0 saturated carbocycles. The molecule has 0 unspecified atom stereocenters. The van der Waals surface area contributed by atoms with Crippen LogP contribution < -0.4 is 0 Å². The Morgan fingerprint density at radius 1 is 1.33 bits per heavy atom. The van der Waals surface area contributed by atoms with Gasteiger partial charge in [-0.05, 0) is 50.2 Å². The number of carbonyl (C=O) groups excluding carboxylic acids is 1. The average Bonchev–Trinajstić information content (AvgIpc) is 2.58. The van der Waals surface area contributed by atoms with Gasteiger partial charge in [0, 0.05) is 4.88 Å². The van der Waals surface area contributed by atoms with Gasteiger partial charge in [-0.2, -0.15) is 0 Å². The molecule has 1 aliphatic rings. The topological polar surface area (TPSA) is 17.1 Å². The molecule has 2 rings (SSSR count). The highest BCUT2D eigenvalue weighted by molar-refractivity contribution is 7.14. The summed E-state index contributed by atoms with van der Waals surface area (Å²) in [5.41, 5.74) is 2.91. The zero-order chi connectivity index (χ0) is 10.8. The molecule has 1 heterocycles. The Kier molecular flexibility index (Phi) is 3.25. The zero-order valence-electron chi connectivity index (χ0n) is 9.56. The van der Waals surface area contributed by atoms with Crippen molar-refractivity contribution >= 4 is 17.1 Å². The van der Waals surface area contributed by atoms with E-state index in [1.165, 1.54) is 41.7 Å². The third-order valence-electron chi connectivity index (χ3n) is 3.10. The molecule has 1 nitrogen and oxygen atoms in total. The van der Waals surface area contributed by atoms with Gasteiger partial charge in [0.15, 0.2) is 5.78 Å². The van der Waals surface area contributed by atoms with Gasteiger partial charge in [0.2, 0.25) is 0 Å². The van der Waals surface area contributed by atoms with Crippen molar-refractivity contribution in [2.24, 2.45) is 0 Å². The Morgan fingerprint density at radius 2 is 2.07 bits per heavy atom. The summed E-state index contributed by atoms with van der Waals surface area (Å²) in [6.07, 6.45) is 7.23. The Morgan fingerprint density at radius 3 is 2.73 bits per heavy atom. The summed E-state index contributed by atoms with van der Waals surface area (Å²) in [6.45, 7) is 3.90. The SMILES string of the molecule is CCCc1c(C(C)=O)sc2c1CCCC2. The molecule has 0 radical (unpaired) electrons. The minimum Gasteiger partial charge on any atom is -0.294 e. The second-order valence-corrected chi connectivity index (χ2v) is 5.43. The monoisotopic (exact) mass is 222 g/mol. The Labute approximate surface area is 95.5 Å². The second kappa shape index (κ2) is 4.48. The number of Topliss-reactive ketones (excluding diaryl/α,β-unsaturated/α-hetero) is 1. The first-order valence-electron chi connectivity index (χ1n) is 5.88. The molecule has 0 spiro atoms. The lowest BCUT2D eigenvalue weighted by Gasteiger charge is -2.12. The van der Waals surface area contributed by atoms with Crippen molar-refractivity contribution in [1.29, 1.82) is 0 Å². The van der Waals surface area contributed by atoms with Gasteiger partial charge in [-0.15, -0.1) is 11.3 Å². The summed E-state index contributed by atoms with van der Waals surface area (Å²) < 4.78 is 0. The van der Waals surface area contributed by atoms with Crippen LogP contribution in [-0.2, 0) is 19.3 Å². The molecule has 0 saturated heterocycles. The molecule has 0 atom stereocenters. The summed E-state index contributed by atoms with van der Waals surface area (Å²) in [6, 6.07) is 0. The van der Waals surface area contributed by atoms with E-state index in [1.54, 1.807) is 18.3 Å². The van der Waals surface area contributed by atoms with Crippen molar-refractivity contribution in [3.8, 4) is 0 Å². The fourth-order valence-corrected chi connectivity index (χ4v) is 3.76. The molecule has 15 heavy (non-hydrogen) atoms. The predicted octanol–water partition coefficient (Wildman–Crippen LogP) is 3.78. The van der Waals surface area contributed by atoms with E-state index < -0.39 is 0 Å². The van der Waals surface area contributed by atoms with Gasteiger partial charge in [0.25, 0.3) is 0 Å². The minimum atomic E-state index is 0.262. The van der Waals surface area contributed by atoms with Gasteiger partial charge in [-0.3, -0.25) is 4.79 Å². The molecule has 1 aliphatic carbocycles. The molecule has 1 aromatic rings. The van der Waals surface area contributed by atoms with Crippen LogP contribution in [0.15, 0.2) is 0 Å². The van der Waals surface area contributed by atoms with E-state index >= 15 is 0 Å². The Bertz CT molecular complexity index is 376. The third-order valence-corrected chi connectivity index (χ3v) is 4.54. The van der Waals surface area contributed by atoms with Gasteiger partial charge < -0.3 is 0 Å². The van der Waals surface area contributed by atoms with Crippen LogP contribution in [-0.4, -0.2) is 5.78 Å². The highest BCUT2D eigenvalue weighted by Crippen LogP contribution is 2.35. The van der Waals surface area contributed by atoms with Crippen LogP contribution in [0.3, 0.4) is 0 Å². The maximum absolute atomic E-state index is 11.6. The Hall–Kier alpha value is -0.630. The van der Waals surface area contributed by atoms with E-state index in [4.69, 9.17) is 0 Å². The van der Waals surface area contributed by atoms with Crippen LogP contribution >= 0.6 is 11.3 Å². The van der Waals surface area contributed by atoms with E-state index in [-0.39, 0.29) is 5.78 Å². The number of hydrogen-bond acceptors (Lipinski definition) is 2. The van der Waals surface area contributed by atoms with Crippen molar-refractivity contribution in [2.45, 2.75) is 52.4 Å². The molecular weight excluding hydrogens is 204 g/mol. The van der Waals surface area contributed by atoms with E-state index in [0.717, 1.165) is 17.7 Å². The summed E-state index contributed by atoms with van der Waals surface area (Å²) in [4.78, 5) is 14.1. The number of hydrogen-bond donors (Lipinski definition) is 0. The van der Waals surface area contributed by atoms with Crippen molar-refractivity contribution < 1.29 is 4.79 Å². The Balaban J connectivity index is 2.45. The predicted molar refractivity (Wildman–Crippen MR) is 65.0 cm³/mol.